The van der Waals surface area contributed by atoms with Crippen LogP contribution in [0.2, 0.25) is 0 Å². The smallest absolute Gasteiger partial charge is 0.0917 e. The fraction of sp³-hybridized carbons (Fsp3) is 0.857. The van der Waals surface area contributed by atoms with Gasteiger partial charge in [-0.2, -0.15) is 0 Å². The third-order valence-electron chi connectivity index (χ3n) is 3.16. The van der Waals surface area contributed by atoms with Crippen molar-refractivity contribution in [1.82, 2.24) is 0 Å². The van der Waals surface area contributed by atoms with Crippen molar-refractivity contribution in [2.24, 2.45) is 0 Å². The molecular weight excluding hydrogens is 216 g/mol. The van der Waals surface area contributed by atoms with Gasteiger partial charge in [-0.25, -0.2) is 0 Å². The molecule has 0 aromatic carbocycles. The monoisotopic (exact) mass is 242 g/mol. The maximum atomic E-state index is 9.24. The Hall–Kier alpha value is -0.540. The highest BCUT2D eigenvalue weighted by atomic mass is 16.5. The minimum atomic E-state index is -0.205. The molecule has 2 unspecified atom stereocenters. The summed E-state index contributed by atoms with van der Waals surface area (Å²) < 4.78 is 10.6. The Bertz CT molecular complexity index is 226. The molecular formula is C14H26O3. The third kappa shape index (κ3) is 5.55. The van der Waals surface area contributed by atoms with Crippen molar-refractivity contribution in [3.8, 4) is 0 Å². The summed E-state index contributed by atoms with van der Waals surface area (Å²) in [6.45, 7) is 5.92. The number of hydrogen-bond donors (Lipinski definition) is 1. The molecule has 2 heterocycles. The van der Waals surface area contributed by atoms with Crippen LogP contribution in [0.1, 0.15) is 52.4 Å². The highest BCUT2D eigenvalue weighted by Gasteiger charge is 2.21. The first-order valence-electron chi connectivity index (χ1n) is 6.89. The van der Waals surface area contributed by atoms with Crippen molar-refractivity contribution >= 4 is 0 Å². The van der Waals surface area contributed by atoms with Gasteiger partial charge in [0.25, 0.3) is 0 Å². The van der Waals surface area contributed by atoms with Gasteiger partial charge < -0.3 is 14.6 Å². The molecule has 3 heteroatoms. The lowest BCUT2D eigenvalue weighted by Gasteiger charge is -2.26. The fourth-order valence-corrected chi connectivity index (χ4v) is 2.07. The van der Waals surface area contributed by atoms with E-state index in [2.05, 4.69) is 13.0 Å². The summed E-state index contributed by atoms with van der Waals surface area (Å²) in [7, 11) is 0. The van der Waals surface area contributed by atoms with E-state index in [4.69, 9.17) is 9.47 Å². The summed E-state index contributed by atoms with van der Waals surface area (Å²) in [5.74, 6) is 1.18. The van der Waals surface area contributed by atoms with E-state index in [1.54, 1.807) is 0 Å². The zero-order valence-corrected chi connectivity index (χ0v) is 11.2. The molecule has 2 atom stereocenters. The molecule has 3 nitrogen and oxygen atoms in total. The maximum Gasteiger partial charge on any atom is 0.0917 e. The molecule has 0 amide bonds. The summed E-state index contributed by atoms with van der Waals surface area (Å²) in [5, 5.41) is 9.24. The van der Waals surface area contributed by atoms with Crippen molar-refractivity contribution in [2.75, 3.05) is 13.2 Å². The van der Waals surface area contributed by atoms with Gasteiger partial charge in [0.15, 0.2) is 0 Å². The van der Waals surface area contributed by atoms with Crippen LogP contribution in [0.4, 0.5) is 0 Å². The van der Waals surface area contributed by atoms with Crippen LogP contribution < -0.4 is 0 Å². The van der Waals surface area contributed by atoms with Gasteiger partial charge in [0.05, 0.1) is 24.6 Å². The van der Waals surface area contributed by atoms with Crippen LogP contribution in [-0.4, -0.2) is 30.5 Å². The highest BCUT2D eigenvalue weighted by Crippen LogP contribution is 2.15. The predicted octanol–water partition coefficient (Wildman–Crippen LogP) is 3.03. The highest BCUT2D eigenvalue weighted by molar-refractivity contribution is 4.94. The van der Waals surface area contributed by atoms with Gasteiger partial charge in [-0.3, -0.25) is 0 Å². The Morgan fingerprint density at radius 1 is 1.29 bits per heavy atom. The predicted molar refractivity (Wildman–Crippen MR) is 68.8 cm³/mol. The molecule has 2 rings (SSSR count). The average Bonchev–Trinajstić information content (AvgIpc) is 2.41. The zero-order valence-electron chi connectivity index (χ0n) is 11.2. The molecule has 1 fully saturated rings. The minimum absolute atomic E-state index is 0.110. The van der Waals surface area contributed by atoms with Crippen molar-refractivity contribution in [3.05, 3.63) is 11.8 Å². The molecule has 17 heavy (non-hydrogen) atoms. The van der Waals surface area contributed by atoms with Gasteiger partial charge in [0.2, 0.25) is 0 Å². The number of aliphatic hydroxyl groups excluding tert-OH is 1. The molecule has 100 valence electrons. The van der Waals surface area contributed by atoms with Crippen LogP contribution >= 0.6 is 0 Å². The maximum absolute atomic E-state index is 9.24. The van der Waals surface area contributed by atoms with Gasteiger partial charge in [-0.05, 0) is 38.2 Å². The molecule has 2 aliphatic heterocycles. The Kier molecular flexibility index (Phi) is 7.29. The summed E-state index contributed by atoms with van der Waals surface area (Å²) >= 11 is 0. The van der Waals surface area contributed by atoms with Crippen LogP contribution in [0, 0.1) is 0 Å². The van der Waals surface area contributed by atoms with Gasteiger partial charge in [0.1, 0.15) is 0 Å². The molecule has 0 spiro atoms. The fourth-order valence-electron chi connectivity index (χ4n) is 2.07. The molecule has 0 bridgehead atoms. The van der Waals surface area contributed by atoms with E-state index in [0.29, 0.717) is 0 Å². The second-order valence-electron chi connectivity index (χ2n) is 4.54. The molecule has 1 saturated heterocycles. The molecule has 0 saturated carbocycles. The second-order valence-corrected chi connectivity index (χ2v) is 4.54. The largest absolute Gasteiger partial charge is 0.498 e. The SMILES string of the molecule is CCC1=CCCCO1.CCC1OCCCC1O. The summed E-state index contributed by atoms with van der Waals surface area (Å²) in [4.78, 5) is 0. The van der Waals surface area contributed by atoms with E-state index in [1.807, 2.05) is 6.92 Å². The summed E-state index contributed by atoms with van der Waals surface area (Å²) in [6.07, 6.45) is 8.41. The first-order valence-corrected chi connectivity index (χ1v) is 6.89. The van der Waals surface area contributed by atoms with E-state index in [9.17, 15) is 5.11 Å². The number of allylic oxidation sites excluding steroid dienone is 2. The number of ether oxygens (including phenoxy) is 2. The third-order valence-corrected chi connectivity index (χ3v) is 3.16. The molecule has 0 aromatic rings. The second kappa shape index (κ2) is 8.54. The first kappa shape index (κ1) is 14.5. The van der Waals surface area contributed by atoms with Crippen LogP contribution in [0.3, 0.4) is 0 Å². The van der Waals surface area contributed by atoms with E-state index in [-0.39, 0.29) is 12.2 Å². The van der Waals surface area contributed by atoms with E-state index >= 15 is 0 Å². The number of aliphatic hydroxyl groups is 1. The van der Waals surface area contributed by atoms with Crippen molar-refractivity contribution in [1.29, 1.82) is 0 Å². The quantitative estimate of drug-likeness (QED) is 0.809. The van der Waals surface area contributed by atoms with E-state index in [0.717, 1.165) is 38.9 Å². The molecule has 0 aliphatic carbocycles. The minimum Gasteiger partial charge on any atom is -0.498 e. The Morgan fingerprint density at radius 3 is 2.53 bits per heavy atom. The lowest BCUT2D eigenvalue weighted by Crippen LogP contribution is -2.33. The molecule has 0 aromatic heterocycles. The van der Waals surface area contributed by atoms with Crippen molar-refractivity contribution in [3.63, 3.8) is 0 Å². The van der Waals surface area contributed by atoms with Crippen LogP contribution in [-0.2, 0) is 9.47 Å². The normalized spacial score (nSPS) is 28.5. The van der Waals surface area contributed by atoms with Crippen LogP contribution in [0.5, 0.6) is 0 Å². The van der Waals surface area contributed by atoms with Crippen molar-refractivity contribution < 1.29 is 14.6 Å². The lowest BCUT2D eigenvalue weighted by atomic mass is 10.0. The topological polar surface area (TPSA) is 38.7 Å². The van der Waals surface area contributed by atoms with Crippen LogP contribution in [0.15, 0.2) is 11.8 Å². The van der Waals surface area contributed by atoms with E-state index in [1.165, 1.54) is 18.6 Å². The van der Waals surface area contributed by atoms with Gasteiger partial charge in [0, 0.05) is 13.0 Å². The number of hydrogen-bond acceptors (Lipinski definition) is 3. The summed E-state index contributed by atoms with van der Waals surface area (Å²) in [5.41, 5.74) is 0. The number of rotatable bonds is 2. The Balaban J connectivity index is 0.000000171. The van der Waals surface area contributed by atoms with Gasteiger partial charge >= 0.3 is 0 Å². The van der Waals surface area contributed by atoms with E-state index < -0.39 is 0 Å². The molecule has 0 radical (unpaired) electrons. The molecule has 1 N–H and O–H groups in total. The van der Waals surface area contributed by atoms with Gasteiger partial charge in [-0.1, -0.05) is 13.8 Å². The molecule has 2 aliphatic rings. The average molecular weight is 242 g/mol. The lowest BCUT2D eigenvalue weighted by molar-refractivity contribution is -0.0745. The zero-order chi connectivity index (χ0) is 12.5. The Labute approximate surface area is 105 Å². The Morgan fingerprint density at radius 2 is 2.12 bits per heavy atom. The first-order chi connectivity index (χ1) is 8.27. The van der Waals surface area contributed by atoms with Gasteiger partial charge in [-0.15, -0.1) is 0 Å². The van der Waals surface area contributed by atoms with Crippen LogP contribution in [0.25, 0.3) is 0 Å². The van der Waals surface area contributed by atoms with Crippen molar-refractivity contribution in [2.45, 2.75) is 64.6 Å². The summed E-state index contributed by atoms with van der Waals surface area (Å²) in [6, 6.07) is 0. The standard InChI is InChI=1S/C7H14O2.C7H12O/c1-2-7-6(8)4-3-5-9-7;1-2-7-5-3-4-6-8-7/h6-8H,2-5H2,1H3;5H,2-4,6H2,1H3.